The first-order valence-electron chi connectivity index (χ1n) is 8.08. The zero-order chi connectivity index (χ0) is 18.9. The molecule has 0 aliphatic carbocycles. The Morgan fingerprint density at radius 2 is 1.92 bits per heavy atom. The van der Waals surface area contributed by atoms with E-state index in [1.807, 2.05) is 20.8 Å². The van der Waals surface area contributed by atoms with Gasteiger partial charge in [-0.05, 0) is 26.3 Å². The number of amidine groups is 1. The summed E-state index contributed by atoms with van der Waals surface area (Å²) in [6.07, 6.45) is -2.40. The van der Waals surface area contributed by atoms with Crippen molar-refractivity contribution in [1.29, 1.82) is 0 Å². The second-order valence-corrected chi connectivity index (χ2v) is 6.33. The second-order valence-electron chi connectivity index (χ2n) is 6.33. The summed E-state index contributed by atoms with van der Waals surface area (Å²) in [5.74, 6) is -0.799. The third-order valence-electron chi connectivity index (χ3n) is 3.56. The topological polar surface area (TPSA) is 28.0 Å². The summed E-state index contributed by atoms with van der Waals surface area (Å²) in [5.41, 5.74) is 0.340. The molecule has 0 spiro atoms. The van der Waals surface area contributed by atoms with Crippen LogP contribution in [0.4, 0.5) is 23.2 Å². The number of rotatable bonds is 3. The zero-order valence-corrected chi connectivity index (χ0v) is 14.9. The van der Waals surface area contributed by atoms with E-state index in [1.54, 1.807) is 24.9 Å². The van der Waals surface area contributed by atoms with Gasteiger partial charge in [0.05, 0.1) is 16.9 Å². The Morgan fingerprint density at radius 3 is 2.40 bits per heavy atom. The van der Waals surface area contributed by atoms with Crippen LogP contribution in [-0.2, 0) is 6.18 Å². The van der Waals surface area contributed by atoms with Crippen molar-refractivity contribution in [3.63, 3.8) is 0 Å². The van der Waals surface area contributed by atoms with Gasteiger partial charge in [0, 0.05) is 23.3 Å². The molecule has 0 unspecified atom stereocenters. The number of aliphatic imine (C=N–C) groups is 1. The summed E-state index contributed by atoms with van der Waals surface area (Å²) in [7, 11) is 0. The quantitative estimate of drug-likeness (QED) is 0.483. The van der Waals surface area contributed by atoms with Gasteiger partial charge in [-0.2, -0.15) is 18.3 Å². The van der Waals surface area contributed by atoms with Crippen LogP contribution in [0.5, 0.6) is 0 Å². The normalized spacial score (nSPS) is 16.2. The van der Waals surface area contributed by atoms with Gasteiger partial charge in [-0.1, -0.05) is 26.8 Å². The summed E-state index contributed by atoms with van der Waals surface area (Å²) in [6, 6.07) is 1.67. The van der Waals surface area contributed by atoms with E-state index in [0.717, 1.165) is 17.8 Å². The van der Waals surface area contributed by atoms with Crippen LogP contribution in [0.25, 0.3) is 5.70 Å². The molecule has 2 rings (SSSR count). The molecule has 1 aromatic carbocycles. The third kappa shape index (κ3) is 3.91. The summed E-state index contributed by atoms with van der Waals surface area (Å²) in [4.78, 5) is 4.38. The van der Waals surface area contributed by atoms with E-state index < -0.39 is 17.6 Å². The van der Waals surface area contributed by atoms with Gasteiger partial charge in [0.1, 0.15) is 11.7 Å². The van der Waals surface area contributed by atoms with E-state index in [1.165, 1.54) is 0 Å². The highest BCUT2D eigenvalue weighted by molar-refractivity contribution is 6.00. The molecule has 0 bridgehead atoms. The Hall–Kier alpha value is -2.18. The number of fused-ring (bicyclic) bond motifs is 1. The predicted molar refractivity (Wildman–Crippen MR) is 92.2 cm³/mol. The summed E-state index contributed by atoms with van der Waals surface area (Å²) < 4.78 is 53.3. The first-order chi connectivity index (χ1) is 11.6. The molecule has 1 heterocycles. The van der Waals surface area contributed by atoms with Crippen LogP contribution in [0.15, 0.2) is 28.3 Å². The molecule has 1 aliphatic heterocycles. The van der Waals surface area contributed by atoms with Gasteiger partial charge in [0.15, 0.2) is 0 Å². The van der Waals surface area contributed by atoms with Crippen LogP contribution in [0, 0.1) is 11.7 Å². The number of halogens is 4. The molecule has 3 nitrogen and oxygen atoms in total. The molecule has 1 aromatic rings. The van der Waals surface area contributed by atoms with Gasteiger partial charge in [-0.3, -0.25) is 0 Å². The summed E-state index contributed by atoms with van der Waals surface area (Å²) >= 11 is 0. The smallest absolute Gasteiger partial charge is 0.232 e. The molecular weight excluding hydrogens is 334 g/mol. The molecule has 0 atom stereocenters. The van der Waals surface area contributed by atoms with Crippen molar-refractivity contribution in [2.75, 3.05) is 0 Å². The van der Waals surface area contributed by atoms with Crippen LogP contribution < -0.4 is 0 Å². The maximum Gasteiger partial charge on any atom is 0.419 e. The van der Waals surface area contributed by atoms with E-state index in [0.29, 0.717) is 18.0 Å². The number of hydrogen-bond donors (Lipinski definition) is 0. The van der Waals surface area contributed by atoms with Crippen molar-refractivity contribution >= 4 is 22.9 Å². The molecule has 7 heteroatoms. The maximum atomic E-state index is 14.0. The van der Waals surface area contributed by atoms with Crippen LogP contribution >= 0.6 is 0 Å². The van der Waals surface area contributed by atoms with Gasteiger partial charge in [0.25, 0.3) is 0 Å². The fourth-order valence-electron chi connectivity index (χ4n) is 2.55. The molecular formula is C18H21F4N3. The molecule has 1 aliphatic rings. The van der Waals surface area contributed by atoms with Crippen molar-refractivity contribution in [2.24, 2.45) is 16.0 Å². The van der Waals surface area contributed by atoms with Crippen molar-refractivity contribution in [1.82, 2.24) is 5.01 Å². The molecule has 0 amide bonds. The number of benzene rings is 1. The van der Waals surface area contributed by atoms with Gasteiger partial charge in [0.2, 0.25) is 0 Å². The van der Waals surface area contributed by atoms with Gasteiger partial charge < -0.3 is 0 Å². The number of hydrogen-bond acceptors (Lipinski definition) is 3. The molecule has 25 heavy (non-hydrogen) atoms. The summed E-state index contributed by atoms with van der Waals surface area (Å²) in [5, 5.41) is 5.99. The van der Waals surface area contributed by atoms with Crippen LogP contribution in [-0.4, -0.2) is 16.6 Å². The summed E-state index contributed by atoms with van der Waals surface area (Å²) in [6.45, 7) is 9.27. The van der Waals surface area contributed by atoms with E-state index in [2.05, 4.69) is 10.1 Å². The Morgan fingerprint density at radius 1 is 1.28 bits per heavy atom. The van der Waals surface area contributed by atoms with Gasteiger partial charge in [-0.15, -0.1) is 0 Å². The Kier molecular flexibility index (Phi) is 5.34. The van der Waals surface area contributed by atoms with Crippen molar-refractivity contribution in [3.05, 3.63) is 35.2 Å². The van der Waals surface area contributed by atoms with Gasteiger partial charge >= 0.3 is 6.18 Å². The largest absolute Gasteiger partial charge is 0.419 e. The lowest BCUT2D eigenvalue weighted by Crippen LogP contribution is -2.32. The van der Waals surface area contributed by atoms with E-state index >= 15 is 0 Å². The standard InChI is InChI=1S/C18H21F4N3/c1-6-7-16-12-8-13(18(20,21)22)14(19)9-15(12)23-17(10(2)3)25(16)24-11(4)5/h7-10H,6H2,1-5H3/b16-7+. The maximum absolute atomic E-state index is 14.0. The first kappa shape index (κ1) is 19.1. The fourth-order valence-corrected chi connectivity index (χ4v) is 2.55. The lowest BCUT2D eigenvalue weighted by molar-refractivity contribution is -0.140. The van der Waals surface area contributed by atoms with E-state index in [9.17, 15) is 17.6 Å². The van der Waals surface area contributed by atoms with Crippen molar-refractivity contribution in [3.8, 4) is 0 Å². The number of allylic oxidation sites excluding steroid dienone is 1. The Labute approximate surface area is 144 Å². The van der Waals surface area contributed by atoms with Crippen molar-refractivity contribution in [2.45, 2.75) is 47.2 Å². The van der Waals surface area contributed by atoms with Gasteiger partial charge in [-0.25, -0.2) is 14.4 Å². The highest BCUT2D eigenvalue weighted by atomic mass is 19.4. The minimum absolute atomic E-state index is 0.0399. The SMILES string of the molecule is CC/C=C1\c2cc(C(F)(F)F)c(F)cc2N=C(C(C)C)N1N=C(C)C. The highest BCUT2D eigenvalue weighted by Gasteiger charge is 2.37. The third-order valence-corrected chi connectivity index (χ3v) is 3.56. The molecule has 0 radical (unpaired) electrons. The lowest BCUT2D eigenvalue weighted by Gasteiger charge is -2.31. The molecule has 0 fully saturated rings. The average molecular weight is 355 g/mol. The monoisotopic (exact) mass is 355 g/mol. The number of hydrazone groups is 1. The number of nitrogens with zero attached hydrogens (tertiary/aromatic N) is 3. The molecule has 0 saturated carbocycles. The first-order valence-corrected chi connectivity index (χ1v) is 8.08. The van der Waals surface area contributed by atoms with Crippen LogP contribution in [0.3, 0.4) is 0 Å². The Balaban J connectivity index is 2.80. The van der Waals surface area contributed by atoms with E-state index in [4.69, 9.17) is 0 Å². The highest BCUT2D eigenvalue weighted by Crippen LogP contribution is 2.41. The predicted octanol–water partition coefficient (Wildman–Crippen LogP) is 5.99. The average Bonchev–Trinajstić information content (AvgIpc) is 2.46. The van der Waals surface area contributed by atoms with Crippen molar-refractivity contribution < 1.29 is 17.6 Å². The minimum atomic E-state index is -4.77. The van der Waals surface area contributed by atoms with Crippen LogP contribution in [0.2, 0.25) is 0 Å². The fraction of sp³-hybridized carbons (Fsp3) is 0.444. The number of alkyl halides is 3. The molecule has 136 valence electrons. The van der Waals surface area contributed by atoms with Crippen LogP contribution in [0.1, 0.15) is 52.2 Å². The minimum Gasteiger partial charge on any atom is -0.232 e. The van der Waals surface area contributed by atoms with E-state index in [-0.39, 0.29) is 17.2 Å². The second kappa shape index (κ2) is 6.98. The molecule has 0 saturated heterocycles. The molecule has 0 aromatic heterocycles. The Bertz CT molecular complexity index is 754. The zero-order valence-electron chi connectivity index (χ0n) is 14.9. The molecule has 0 N–H and O–H groups in total. The lowest BCUT2D eigenvalue weighted by atomic mass is 10.00.